The largest absolute Gasteiger partial charge is 0.366 e. The van der Waals surface area contributed by atoms with Crippen molar-refractivity contribution >= 4 is 23.2 Å². The lowest BCUT2D eigenvalue weighted by Crippen LogP contribution is -2.53. The lowest BCUT2D eigenvalue weighted by molar-refractivity contribution is -0.143. The van der Waals surface area contributed by atoms with Gasteiger partial charge in [-0.05, 0) is 37.1 Å². The molecule has 1 saturated carbocycles. The molecule has 2 aliphatic rings. The molecule has 0 spiro atoms. The average molecular weight is 381 g/mol. The number of amides is 2. The quantitative estimate of drug-likeness (QED) is 0.765. The molecular formula is C22H24FN3O2. The average Bonchev–Trinajstić information content (AvgIpc) is 3.55. The van der Waals surface area contributed by atoms with Crippen LogP contribution in [0.3, 0.4) is 0 Å². The van der Waals surface area contributed by atoms with E-state index in [4.69, 9.17) is 0 Å². The van der Waals surface area contributed by atoms with Crippen LogP contribution in [0.2, 0.25) is 0 Å². The van der Waals surface area contributed by atoms with Crippen LogP contribution in [0.1, 0.15) is 12.8 Å². The summed E-state index contributed by atoms with van der Waals surface area (Å²) >= 11 is 0. The predicted molar refractivity (Wildman–Crippen MR) is 107 cm³/mol. The molecule has 1 aliphatic carbocycles. The molecule has 4 rings (SSSR count). The first-order valence-electron chi connectivity index (χ1n) is 9.65. The number of hydrogen-bond acceptors (Lipinski definition) is 3. The van der Waals surface area contributed by atoms with Gasteiger partial charge < -0.3 is 14.7 Å². The molecule has 0 bridgehead atoms. The van der Waals surface area contributed by atoms with Gasteiger partial charge in [0.1, 0.15) is 11.2 Å². The van der Waals surface area contributed by atoms with Crippen LogP contribution in [-0.4, -0.2) is 49.9 Å². The van der Waals surface area contributed by atoms with E-state index >= 15 is 0 Å². The van der Waals surface area contributed by atoms with Gasteiger partial charge in [-0.25, -0.2) is 4.39 Å². The first-order valence-corrected chi connectivity index (χ1v) is 9.65. The summed E-state index contributed by atoms with van der Waals surface area (Å²) in [7, 11) is 1.72. The number of anilines is 2. The standard InChI is InChI=1S/C22H24FN3O2/c1-24(17-7-3-2-4-8-17)20(27)22(11-12-22)21(28)26-15-13-25(14-16-26)19-10-6-5-9-18(19)23/h2-10H,11-16H2,1H3. The highest BCUT2D eigenvalue weighted by molar-refractivity contribution is 6.13. The van der Waals surface area contributed by atoms with Crippen molar-refractivity contribution in [3.05, 3.63) is 60.4 Å². The molecule has 0 atom stereocenters. The van der Waals surface area contributed by atoms with E-state index in [1.54, 1.807) is 29.0 Å². The van der Waals surface area contributed by atoms with Gasteiger partial charge in [-0.1, -0.05) is 30.3 Å². The summed E-state index contributed by atoms with van der Waals surface area (Å²) in [6, 6.07) is 16.1. The molecule has 0 radical (unpaired) electrons. The Balaban J connectivity index is 1.42. The number of benzene rings is 2. The second-order valence-electron chi connectivity index (χ2n) is 7.51. The number of halogens is 1. The topological polar surface area (TPSA) is 43.9 Å². The van der Waals surface area contributed by atoms with E-state index in [9.17, 15) is 14.0 Å². The van der Waals surface area contributed by atoms with Crippen molar-refractivity contribution in [1.82, 2.24) is 4.90 Å². The highest BCUT2D eigenvalue weighted by Gasteiger charge is 2.59. The number of rotatable bonds is 4. The van der Waals surface area contributed by atoms with Gasteiger partial charge in [0.2, 0.25) is 11.8 Å². The molecule has 0 unspecified atom stereocenters. The molecule has 0 aromatic heterocycles. The third kappa shape index (κ3) is 3.23. The van der Waals surface area contributed by atoms with Crippen molar-refractivity contribution in [3.8, 4) is 0 Å². The zero-order chi connectivity index (χ0) is 19.7. The molecule has 0 N–H and O–H groups in total. The van der Waals surface area contributed by atoms with Crippen molar-refractivity contribution in [2.24, 2.45) is 5.41 Å². The molecular weight excluding hydrogens is 357 g/mol. The van der Waals surface area contributed by atoms with Gasteiger partial charge in [0.15, 0.2) is 0 Å². The first kappa shape index (κ1) is 18.5. The highest BCUT2D eigenvalue weighted by atomic mass is 19.1. The Morgan fingerprint density at radius 1 is 0.929 bits per heavy atom. The predicted octanol–water partition coefficient (Wildman–Crippen LogP) is 2.92. The van der Waals surface area contributed by atoms with Crippen molar-refractivity contribution in [2.75, 3.05) is 43.0 Å². The van der Waals surface area contributed by atoms with Gasteiger partial charge in [0, 0.05) is 38.9 Å². The SMILES string of the molecule is CN(C(=O)C1(C(=O)N2CCN(c3ccccc3F)CC2)CC1)c1ccccc1. The summed E-state index contributed by atoms with van der Waals surface area (Å²) in [5, 5.41) is 0. The van der Waals surface area contributed by atoms with Crippen molar-refractivity contribution in [3.63, 3.8) is 0 Å². The highest BCUT2D eigenvalue weighted by Crippen LogP contribution is 2.49. The smallest absolute Gasteiger partial charge is 0.242 e. The molecule has 28 heavy (non-hydrogen) atoms. The number of nitrogens with zero attached hydrogens (tertiary/aromatic N) is 3. The molecule has 1 heterocycles. The summed E-state index contributed by atoms with van der Waals surface area (Å²) in [6.07, 6.45) is 1.19. The van der Waals surface area contributed by atoms with E-state index in [0.717, 1.165) is 5.69 Å². The Hall–Kier alpha value is -2.89. The molecule has 2 amide bonds. The van der Waals surface area contributed by atoms with Crippen LogP contribution in [0, 0.1) is 11.2 Å². The summed E-state index contributed by atoms with van der Waals surface area (Å²) in [5.41, 5.74) is 0.427. The second-order valence-corrected chi connectivity index (χ2v) is 7.51. The molecule has 5 nitrogen and oxygen atoms in total. The van der Waals surface area contributed by atoms with Crippen LogP contribution in [0.25, 0.3) is 0 Å². The van der Waals surface area contributed by atoms with Gasteiger partial charge in [0.05, 0.1) is 5.69 Å². The lowest BCUT2D eigenvalue weighted by Gasteiger charge is -2.38. The maximum Gasteiger partial charge on any atom is 0.242 e. The fourth-order valence-corrected chi connectivity index (χ4v) is 3.90. The Morgan fingerprint density at radius 2 is 1.54 bits per heavy atom. The Bertz CT molecular complexity index is 874. The lowest BCUT2D eigenvalue weighted by atomic mass is 10.0. The molecule has 2 fully saturated rings. The van der Waals surface area contributed by atoms with E-state index in [2.05, 4.69) is 0 Å². The van der Waals surface area contributed by atoms with E-state index in [1.165, 1.54) is 6.07 Å². The normalized spacial score (nSPS) is 17.9. The monoisotopic (exact) mass is 381 g/mol. The number of piperazine rings is 1. The molecule has 6 heteroatoms. The van der Waals surface area contributed by atoms with Crippen LogP contribution in [0.15, 0.2) is 54.6 Å². The van der Waals surface area contributed by atoms with Crippen LogP contribution in [0.4, 0.5) is 15.8 Å². The van der Waals surface area contributed by atoms with Crippen molar-refractivity contribution < 1.29 is 14.0 Å². The van der Waals surface area contributed by atoms with E-state index in [1.807, 2.05) is 41.3 Å². The maximum absolute atomic E-state index is 14.0. The van der Waals surface area contributed by atoms with Crippen LogP contribution in [-0.2, 0) is 9.59 Å². The number of carbonyl (C=O) groups excluding carboxylic acids is 2. The molecule has 1 aliphatic heterocycles. The number of carbonyl (C=O) groups is 2. The third-order valence-electron chi connectivity index (χ3n) is 5.78. The Morgan fingerprint density at radius 3 is 2.14 bits per heavy atom. The van der Waals surface area contributed by atoms with Gasteiger partial charge in [-0.2, -0.15) is 0 Å². The molecule has 146 valence electrons. The van der Waals surface area contributed by atoms with E-state index < -0.39 is 5.41 Å². The minimum atomic E-state index is -0.926. The van der Waals surface area contributed by atoms with Gasteiger partial charge in [-0.3, -0.25) is 9.59 Å². The van der Waals surface area contributed by atoms with Crippen molar-refractivity contribution in [2.45, 2.75) is 12.8 Å². The zero-order valence-electron chi connectivity index (χ0n) is 16.0. The van der Waals surface area contributed by atoms with Gasteiger partial charge in [0.25, 0.3) is 0 Å². The minimum Gasteiger partial charge on any atom is -0.366 e. The first-order chi connectivity index (χ1) is 13.5. The second kappa shape index (κ2) is 7.26. The third-order valence-corrected chi connectivity index (χ3v) is 5.78. The zero-order valence-corrected chi connectivity index (χ0v) is 16.0. The summed E-state index contributed by atoms with van der Waals surface area (Å²) in [4.78, 5) is 31.5. The van der Waals surface area contributed by atoms with Gasteiger partial charge in [-0.15, -0.1) is 0 Å². The summed E-state index contributed by atoms with van der Waals surface area (Å²) in [6.45, 7) is 2.12. The van der Waals surface area contributed by atoms with E-state index in [-0.39, 0.29) is 17.6 Å². The molecule has 2 aromatic rings. The molecule has 1 saturated heterocycles. The van der Waals surface area contributed by atoms with Gasteiger partial charge >= 0.3 is 0 Å². The van der Waals surface area contributed by atoms with E-state index in [0.29, 0.717) is 44.7 Å². The summed E-state index contributed by atoms with van der Waals surface area (Å²) in [5.74, 6) is -0.477. The fraction of sp³-hybridized carbons (Fsp3) is 0.364. The Labute approximate surface area is 164 Å². The summed E-state index contributed by atoms with van der Waals surface area (Å²) < 4.78 is 14.0. The van der Waals surface area contributed by atoms with Crippen LogP contribution < -0.4 is 9.80 Å². The fourth-order valence-electron chi connectivity index (χ4n) is 3.90. The van der Waals surface area contributed by atoms with Crippen LogP contribution >= 0.6 is 0 Å². The Kier molecular flexibility index (Phi) is 4.79. The molecule has 2 aromatic carbocycles. The minimum absolute atomic E-state index is 0.0894. The van der Waals surface area contributed by atoms with Crippen molar-refractivity contribution in [1.29, 1.82) is 0 Å². The number of para-hydroxylation sites is 2. The van der Waals surface area contributed by atoms with Crippen LogP contribution in [0.5, 0.6) is 0 Å². The number of hydrogen-bond donors (Lipinski definition) is 0. The maximum atomic E-state index is 14.0.